The molecule has 1 aliphatic rings. The van der Waals surface area contributed by atoms with Crippen molar-refractivity contribution in [3.05, 3.63) is 18.2 Å². The Bertz CT molecular complexity index is 771. The van der Waals surface area contributed by atoms with Crippen LogP contribution in [0.4, 0.5) is 0 Å². The first-order chi connectivity index (χ1) is 12.6. The molecule has 0 radical (unpaired) electrons. The molecule has 0 aromatic heterocycles. The van der Waals surface area contributed by atoms with Gasteiger partial charge in [-0.1, -0.05) is 20.8 Å². The van der Waals surface area contributed by atoms with Crippen LogP contribution >= 0.6 is 0 Å². The zero-order chi connectivity index (χ0) is 20.2. The van der Waals surface area contributed by atoms with Gasteiger partial charge in [-0.15, -0.1) is 0 Å². The molecular formula is C19H30N2O5S. The van der Waals surface area contributed by atoms with E-state index in [0.717, 1.165) is 0 Å². The number of amides is 1. The number of rotatable bonds is 6. The van der Waals surface area contributed by atoms with Crippen molar-refractivity contribution < 1.29 is 22.7 Å². The summed E-state index contributed by atoms with van der Waals surface area (Å²) in [4.78, 5) is 12.6. The fraction of sp³-hybridized carbons (Fsp3) is 0.632. The number of nitrogens with one attached hydrogen (secondary N) is 1. The molecule has 1 fully saturated rings. The number of hydrogen-bond acceptors (Lipinski definition) is 5. The molecule has 1 heterocycles. The highest BCUT2D eigenvalue weighted by atomic mass is 32.2. The van der Waals surface area contributed by atoms with Gasteiger partial charge < -0.3 is 14.8 Å². The molecule has 0 saturated carbocycles. The number of nitrogens with zero attached hydrogens (tertiary/aromatic N) is 1. The minimum atomic E-state index is -3.71. The van der Waals surface area contributed by atoms with Crippen molar-refractivity contribution in [2.24, 2.45) is 11.3 Å². The van der Waals surface area contributed by atoms with Crippen molar-refractivity contribution in [2.45, 2.75) is 38.5 Å². The van der Waals surface area contributed by atoms with Crippen molar-refractivity contribution in [2.75, 3.05) is 33.9 Å². The SMILES string of the molecule is COc1ccc(S(=O)(=O)N2CCCC(C(=O)NCC(C)(C)C)C2)cc1OC. The Morgan fingerprint density at radius 2 is 1.89 bits per heavy atom. The van der Waals surface area contributed by atoms with Crippen LogP contribution in [0.5, 0.6) is 11.5 Å². The number of carbonyl (C=O) groups excluding carboxylic acids is 1. The number of piperidine rings is 1. The lowest BCUT2D eigenvalue weighted by Crippen LogP contribution is -2.46. The monoisotopic (exact) mass is 398 g/mol. The largest absolute Gasteiger partial charge is 0.493 e. The molecule has 0 aliphatic carbocycles. The van der Waals surface area contributed by atoms with E-state index in [1.54, 1.807) is 6.07 Å². The topological polar surface area (TPSA) is 84.9 Å². The van der Waals surface area contributed by atoms with Crippen LogP contribution in [0, 0.1) is 11.3 Å². The summed E-state index contributed by atoms with van der Waals surface area (Å²) in [6.45, 7) is 7.28. The Labute approximate surface area is 162 Å². The summed E-state index contributed by atoms with van der Waals surface area (Å²) in [5.74, 6) is 0.401. The molecule has 2 rings (SSSR count). The summed E-state index contributed by atoms with van der Waals surface area (Å²) in [5.41, 5.74) is -0.0181. The number of ether oxygens (including phenoxy) is 2. The molecule has 1 aromatic carbocycles. The quantitative estimate of drug-likeness (QED) is 0.795. The van der Waals surface area contributed by atoms with Gasteiger partial charge in [0, 0.05) is 25.7 Å². The van der Waals surface area contributed by atoms with Crippen molar-refractivity contribution in [1.82, 2.24) is 9.62 Å². The maximum Gasteiger partial charge on any atom is 0.243 e. The van der Waals surface area contributed by atoms with Gasteiger partial charge in [0.1, 0.15) is 0 Å². The van der Waals surface area contributed by atoms with Crippen molar-refractivity contribution in [3.63, 3.8) is 0 Å². The average Bonchev–Trinajstić information content (AvgIpc) is 2.64. The van der Waals surface area contributed by atoms with Crippen LogP contribution in [0.25, 0.3) is 0 Å². The zero-order valence-electron chi connectivity index (χ0n) is 16.7. The van der Waals surface area contributed by atoms with Crippen molar-refractivity contribution in [3.8, 4) is 11.5 Å². The van der Waals surface area contributed by atoms with Crippen LogP contribution in [0.2, 0.25) is 0 Å². The summed E-state index contributed by atoms with van der Waals surface area (Å²) in [6, 6.07) is 4.53. The number of hydrogen-bond donors (Lipinski definition) is 1. The van der Waals surface area contributed by atoms with E-state index in [1.165, 1.54) is 30.7 Å². The van der Waals surface area contributed by atoms with E-state index in [-0.39, 0.29) is 28.7 Å². The first-order valence-corrected chi connectivity index (χ1v) is 10.5. The second-order valence-electron chi connectivity index (χ2n) is 8.00. The Morgan fingerprint density at radius 1 is 1.22 bits per heavy atom. The van der Waals surface area contributed by atoms with Gasteiger partial charge in [-0.2, -0.15) is 4.31 Å². The minimum Gasteiger partial charge on any atom is -0.493 e. The summed E-state index contributed by atoms with van der Waals surface area (Å²) in [7, 11) is -0.751. The number of sulfonamides is 1. The van der Waals surface area contributed by atoms with Gasteiger partial charge in [0.25, 0.3) is 0 Å². The molecule has 1 aliphatic heterocycles. The van der Waals surface area contributed by atoms with E-state index in [9.17, 15) is 13.2 Å². The Kier molecular flexibility index (Phi) is 6.75. The van der Waals surface area contributed by atoms with Crippen LogP contribution in [-0.2, 0) is 14.8 Å². The summed E-state index contributed by atoms with van der Waals surface area (Å²) >= 11 is 0. The first kappa shape index (κ1) is 21.5. The van der Waals surface area contributed by atoms with E-state index in [1.807, 2.05) is 20.8 Å². The Hall–Kier alpha value is -1.80. The normalized spacial score (nSPS) is 18.8. The summed E-state index contributed by atoms with van der Waals surface area (Å²) in [6.07, 6.45) is 1.34. The molecule has 1 aromatic rings. The smallest absolute Gasteiger partial charge is 0.243 e. The van der Waals surface area contributed by atoms with Crippen LogP contribution < -0.4 is 14.8 Å². The van der Waals surface area contributed by atoms with Gasteiger partial charge in [-0.05, 0) is 30.4 Å². The number of carbonyl (C=O) groups is 1. The average molecular weight is 399 g/mol. The Morgan fingerprint density at radius 3 is 2.48 bits per heavy atom. The Balaban J connectivity index is 2.15. The lowest BCUT2D eigenvalue weighted by molar-refractivity contribution is -0.126. The van der Waals surface area contributed by atoms with Crippen LogP contribution in [0.3, 0.4) is 0 Å². The second kappa shape index (κ2) is 8.48. The van der Waals surface area contributed by atoms with E-state index in [2.05, 4.69) is 5.32 Å². The van der Waals surface area contributed by atoms with Crippen LogP contribution in [0.1, 0.15) is 33.6 Å². The molecule has 1 saturated heterocycles. The van der Waals surface area contributed by atoms with E-state index < -0.39 is 10.0 Å². The van der Waals surface area contributed by atoms with Gasteiger partial charge >= 0.3 is 0 Å². The molecule has 1 amide bonds. The maximum absolute atomic E-state index is 13.0. The molecule has 8 heteroatoms. The van der Waals surface area contributed by atoms with Gasteiger partial charge in [0.15, 0.2) is 11.5 Å². The standard InChI is InChI=1S/C19H30N2O5S/c1-19(2,3)13-20-18(22)14-7-6-10-21(12-14)27(23,24)15-8-9-16(25-4)17(11-15)26-5/h8-9,11,14H,6-7,10,12-13H2,1-5H3,(H,20,22). The lowest BCUT2D eigenvalue weighted by atomic mass is 9.95. The molecule has 1 unspecified atom stereocenters. The van der Waals surface area contributed by atoms with Gasteiger partial charge in [-0.3, -0.25) is 4.79 Å². The predicted molar refractivity (Wildman–Crippen MR) is 103 cm³/mol. The maximum atomic E-state index is 13.0. The highest BCUT2D eigenvalue weighted by Gasteiger charge is 2.34. The molecule has 27 heavy (non-hydrogen) atoms. The number of methoxy groups -OCH3 is 2. The van der Waals surface area contributed by atoms with Crippen LogP contribution in [-0.4, -0.2) is 52.5 Å². The van der Waals surface area contributed by atoms with E-state index in [4.69, 9.17) is 9.47 Å². The second-order valence-corrected chi connectivity index (χ2v) is 9.94. The third-order valence-corrected chi connectivity index (χ3v) is 6.40. The zero-order valence-corrected chi connectivity index (χ0v) is 17.6. The fourth-order valence-corrected chi connectivity index (χ4v) is 4.54. The molecule has 1 atom stereocenters. The molecule has 0 spiro atoms. The van der Waals surface area contributed by atoms with Gasteiger partial charge in [0.2, 0.25) is 15.9 Å². The van der Waals surface area contributed by atoms with Gasteiger partial charge in [0.05, 0.1) is 25.0 Å². The third kappa shape index (κ3) is 5.35. The lowest BCUT2D eigenvalue weighted by Gasteiger charge is -2.32. The van der Waals surface area contributed by atoms with E-state index in [0.29, 0.717) is 37.4 Å². The summed E-state index contributed by atoms with van der Waals surface area (Å²) in [5, 5.41) is 2.94. The van der Waals surface area contributed by atoms with Gasteiger partial charge in [-0.25, -0.2) is 8.42 Å². The molecule has 152 valence electrons. The first-order valence-electron chi connectivity index (χ1n) is 9.08. The molecule has 0 bridgehead atoms. The fourth-order valence-electron chi connectivity index (χ4n) is 3.00. The van der Waals surface area contributed by atoms with Crippen molar-refractivity contribution >= 4 is 15.9 Å². The predicted octanol–water partition coefficient (Wildman–Crippen LogP) is 2.27. The number of benzene rings is 1. The third-order valence-electron chi connectivity index (χ3n) is 4.54. The molecule has 7 nitrogen and oxygen atoms in total. The highest BCUT2D eigenvalue weighted by Crippen LogP contribution is 2.32. The minimum absolute atomic E-state index is 0.0181. The van der Waals surface area contributed by atoms with E-state index >= 15 is 0 Å². The molecule has 1 N–H and O–H groups in total. The highest BCUT2D eigenvalue weighted by molar-refractivity contribution is 7.89. The summed E-state index contributed by atoms with van der Waals surface area (Å²) < 4.78 is 37.8. The molecular weight excluding hydrogens is 368 g/mol. The van der Waals surface area contributed by atoms with Crippen molar-refractivity contribution in [1.29, 1.82) is 0 Å². The van der Waals surface area contributed by atoms with Crippen LogP contribution in [0.15, 0.2) is 23.1 Å².